The fraction of sp³-hybridized carbons (Fsp3) is 0.724. The molecule has 2 aliphatic rings. The van der Waals surface area contributed by atoms with Crippen molar-refractivity contribution in [2.45, 2.75) is 103 Å². The standard InChI is InChI=1S/C29H46N2O4/c1-4-5-16-24(27(32)26-25(28(26)33)22-14-10-7-11-15-22)30-18-23(17-20(2)3)31-29(34)35-19-21-12-8-6-9-13-21/h7,10-11,14-15,20-21,23-27,30,32H,4-6,8-9,12-13,16-19H2,1-3H3,(H,31,34)/t23-,24+,25?,26?,27?/m1/s1. The smallest absolute Gasteiger partial charge is 0.407 e. The number of alkyl carbamates (subject to hydrolysis) is 1. The molecule has 5 atom stereocenters. The van der Waals surface area contributed by atoms with Crippen LogP contribution in [0.2, 0.25) is 0 Å². The molecule has 0 aliphatic heterocycles. The van der Waals surface area contributed by atoms with Gasteiger partial charge in [-0.25, -0.2) is 4.79 Å². The molecule has 2 saturated carbocycles. The van der Waals surface area contributed by atoms with Gasteiger partial charge in [-0.3, -0.25) is 4.79 Å². The summed E-state index contributed by atoms with van der Waals surface area (Å²) in [4.78, 5) is 25.1. The van der Waals surface area contributed by atoms with E-state index in [9.17, 15) is 14.7 Å². The number of carbonyl (C=O) groups is 2. The molecular formula is C29H46N2O4. The van der Waals surface area contributed by atoms with Crippen molar-refractivity contribution in [3.8, 4) is 0 Å². The number of ketones is 1. The van der Waals surface area contributed by atoms with Crippen molar-refractivity contribution in [1.29, 1.82) is 0 Å². The van der Waals surface area contributed by atoms with E-state index in [4.69, 9.17) is 4.74 Å². The lowest BCUT2D eigenvalue weighted by molar-refractivity contribution is -0.112. The highest BCUT2D eigenvalue weighted by Gasteiger charge is 2.55. The molecule has 0 spiro atoms. The van der Waals surface area contributed by atoms with Gasteiger partial charge in [0.1, 0.15) is 5.78 Å². The van der Waals surface area contributed by atoms with Crippen LogP contribution in [0.4, 0.5) is 4.79 Å². The minimum absolute atomic E-state index is 0.0926. The highest BCUT2D eigenvalue weighted by atomic mass is 16.5. The number of aliphatic hydroxyl groups is 1. The van der Waals surface area contributed by atoms with Crippen LogP contribution in [0.3, 0.4) is 0 Å². The van der Waals surface area contributed by atoms with Gasteiger partial charge < -0.3 is 20.5 Å². The topological polar surface area (TPSA) is 87.7 Å². The number of rotatable bonds is 14. The van der Waals surface area contributed by atoms with Gasteiger partial charge in [-0.2, -0.15) is 0 Å². The van der Waals surface area contributed by atoms with Gasteiger partial charge in [-0.15, -0.1) is 0 Å². The minimum Gasteiger partial charge on any atom is -0.449 e. The first-order valence-corrected chi connectivity index (χ1v) is 13.8. The van der Waals surface area contributed by atoms with Crippen LogP contribution in [0.1, 0.15) is 90.0 Å². The van der Waals surface area contributed by atoms with E-state index in [0.29, 0.717) is 25.0 Å². The van der Waals surface area contributed by atoms with Gasteiger partial charge in [-0.05, 0) is 43.1 Å². The Morgan fingerprint density at radius 3 is 2.51 bits per heavy atom. The SMILES string of the molecule is CCCC[C@H](NC[C@@H](CC(C)C)NC(=O)OCC1CCCCC1)C(O)C1C(=O)C1c1ccccc1. The maximum atomic E-state index is 12.6. The molecule has 6 nitrogen and oxygen atoms in total. The molecule has 2 aliphatic carbocycles. The lowest BCUT2D eigenvalue weighted by Gasteiger charge is -2.28. The fourth-order valence-electron chi connectivity index (χ4n) is 5.54. The van der Waals surface area contributed by atoms with Crippen LogP contribution in [-0.2, 0) is 9.53 Å². The number of amides is 1. The van der Waals surface area contributed by atoms with Gasteiger partial charge in [0, 0.05) is 18.6 Å². The fourth-order valence-corrected chi connectivity index (χ4v) is 5.54. The van der Waals surface area contributed by atoms with Gasteiger partial charge in [0.15, 0.2) is 0 Å². The Balaban J connectivity index is 1.54. The highest BCUT2D eigenvalue weighted by Crippen LogP contribution is 2.46. The van der Waals surface area contributed by atoms with E-state index >= 15 is 0 Å². The Bertz CT molecular complexity index is 778. The molecule has 6 heteroatoms. The molecule has 0 bridgehead atoms. The lowest BCUT2D eigenvalue weighted by Crippen LogP contribution is -2.49. The second kappa shape index (κ2) is 14.0. The number of aliphatic hydroxyl groups excluding tert-OH is 1. The van der Waals surface area contributed by atoms with Gasteiger partial charge >= 0.3 is 6.09 Å². The summed E-state index contributed by atoms with van der Waals surface area (Å²) in [5.41, 5.74) is 0.982. The van der Waals surface area contributed by atoms with Gasteiger partial charge in [0.2, 0.25) is 0 Å². The van der Waals surface area contributed by atoms with Gasteiger partial charge in [-0.1, -0.05) is 83.2 Å². The molecule has 35 heavy (non-hydrogen) atoms. The Labute approximate surface area is 211 Å². The van der Waals surface area contributed by atoms with Crippen molar-refractivity contribution in [2.24, 2.45) is 17.8 Å². The van der Waals surface area contributed by atoms with Crippen molar-refractivity contribution in [3.05, 3.63) is 35.9 Å². The third-order valence-electron chi connectivity index (χ3n) is 7.57. The van der Waals surface area contributed by atoms with Crippen LogP contribution in [0.5, 0.6) is 0 Å². The van der Waals surface area contributed by atoms with Crippen molar-refractivity contribution in [1.82, 2.24) is 10.6 Å². The molecule has 3 N–H and O–H groups in total. The average Bonchev–Trinajstić information content (AvgIpc) is 3.53. The normalized spacial score (nSPS) is 23.1. The number of unbranched alkanes of at least 4 members (excludes halogenated alkanes) is 1. The largest absolute Gasteiger partial charge is 0.449 e. The quantitative estimate of drug-likeness (QED) is 0.336. The van der Waals surface area contributed by atoms with Crippen LogP contribution in [-0.4, -0.2) is 48.3 Å². The number of carbonyl (C=O) groups excluding carboxylic acids is 2. The maximum Gasteiger partial charge on any atom is 0.407 e. The molecule has 3 unspecified atom stereocenters. The number of hydrogen-bond acceptors (Lipinski definition) is 5. The third-order valence-corrected chi connectivity index (χ3v) is 7.57. The molecule has 1 aromatic carbocycles. The molecule has 1 aromatic rings. The predicted molar refractivity (Wildman–Crippen MR) is 139 cm³/mol. The highest BCUT2D eigenvalue weighted by molar-refractivity contribution is 6.05. The first kappa shape index (κ1) is 27.7. The van der Waals surface area contributed by atoms with Crippen LogP contribution in [0.25, 0.3) is 0 Å². The van der Waals surface area contributed by atoms with Gasteiger partial charge in [0.25, 0.3) is 0 Å². The molecular weight excluding hydrogens is 440 g/mol. The van der Waals surface area contributed by atoms with E-state index in [1.807, 2.05) is 30.3 Å². The van der Waals surface area contributed by atoms with Crippen molar-refractivity contribution >= 4 is 11.9 Å². The molecule has 0 aromatic heterocycles. The van der Waals surface area contributed by atoms with E-state index < -0.39 is 6.10 Å². The molecule has 2 fully saturated rings. The number of hydrogen-bond donors (Lipinski definition) is 3. The minimum atomic E-state index is -0.739. The van der Waals surface area contributed by atoms with E-state index in [-0.39, 0.29) is 35.8 Å². The molecule has 0 saturated heterocycles. The number of Topliss-reactive ketones (excluding diaryl/α,β-unsaturated/α-hetero) is 1. The molecule has 1 amide bonds. The zero-order chi connectivity index (χ0) is 25.2. The Morgan fingerprint density at radius 2 is 1.86 bits per heavy atom. The zero-order valence-electron chi connectivity index (χ0n) is 21.9. The average molecular weight is 487 g/mol. The summed E-state index contributed by atoms with van der Waals surface area (Å²) >= 11 is 0. The van der Waals surface area contributed by atoms with Crippen molar-refractivity contribution in [3.63, 3.8) is 0 Å². The van der Waals surface area contributed by atoms with Crippen LogP contribution in [0, 0.1) is 17.8 Å². The summed E-state index contributed by atoms with van der Waals surface area (Å²) in [7, 11) is 0. The first-order valence-electron chi connectivity index (χ1n) is 13.8. The van der Waals surface area contributed by atoms with E-state index in [1.54, 1.807) is 0 Å². The Hall–Kier alpha value is -1.92. The summed E-state index contributed by atoms with van der Waals surface area (Å²) < 4.78 is 5.57. The summed E-state index contributed by atoms with van der Waals surface area (Å²) in [6.07, 6.45) is 8.54. The number of nitrogens with one attached hydrogen (secondary N) is 2. The lowest BCUT2D eigenvalue weighted by atomic mass is 9.90. The Morgan fingerprint density at radius 1 is 1.14 bits per heavy atom. The van der Waals surface area contributed by atoms with Crippen LogP contribution < -0.4 is 10.6 Å². The van der Waals surface area contributed by atoms with E-state index in [0.717, 1.165) is 44.1 Å². The number of benzene rings is 1. The van der Waals surface area contributed by atoms with Crippen molar-refractivity contribution < 1.29 is 19.4 Å². The van der Waals surface area contributed by atoms with Crippen LogP contribution in [0.15, 0.2) is 30.3 Å². The monoisotopic (exact) mass is 486 g/mol. The first-order chi connectivity index (χ1) is 16.9. The van der Waals surface area contributed by atoms with Crippen molar-refractivity contribution in [2.75, 3.05) is 13.2 Å². The predicted octanol–water partition coefficient (Wildman–Crippen LogP) is 5.20. The third kappa shape index (κ3) is 8.60. The molecule has 3 rings (SSSR count). The zero-order valence-corrected chi connectivity index (χ0v) is 21.9. The maximum absolute atomic E-state index is 12.6. The summed E-state index contributed by atoms with van der Waals surface area (Å²) in [6.45, 7) is 7.44. The molecule has 196 valence electrons. The van der Waals surface area contributed by atoms with Gasteiger partial charge in [0.05, 0.1) is 24.5 Å². The number of ether oxygens (including phenoxy) is 1. The summed E-state index contributed by atoms with van der Waals surface area (Å²) in [6, 6.07) is 9.46. The van der Waals surface area contributed by atoms with E-state index in [2.05, 4.69) is 31.4 Å². The summed E-state index contributed by atoms with van der Waals surface area (Å²) in [5, 5.41) is 17.8. The molecule has 0 radical (unpaired) electrons. The van der Waals surface area contributed by atoms with Crippen LogP contribution >= 0.6 is 0 Å². The van der Waals surface area contributed by atoms with E-state index in [1.165, 1.54) is 19.3 Å². The Kier molecular flexibility index (Phi) is 11.1. The second-order valence-electron chi connectivity index (χ2n) is 11.0. The second-order valence-corrected chi connectivity index (χ2v) is 11.0. The molecule has 0 heterocycles. The summed E-state index contributed by atoms with van der Waals surface area (Å²) in [5.74, 6) is 0.445.